The van der Waals surface area contributed by atoms with Crippen LogP contribution in [-0.2, 0) is 9.59 Å². The van der Waals surface area contributed by atoms with Crippen molar-refractivity contribution in [1.29, 1.82) is 0 Å². The number of nitrogens with zero attached hydrogens (tertiary/aromatic N) is 1. The van der Waals surface area contributed by atoms with E-state index in [4.69, 9.17) is 0 Å². The van der Waals surface area contributed by atoms with Crippen molar-refractivity contribution in [2.75, 3.05) is 19.6 Å². The Bertz CT molecular complexity index is 768. The molecule has 6 rings (SSSR count). The number of hydrogen-bond donors (Lipinski definition) is 0. The summed E-state index contributed by atoms with van der Waals surface area (Å²) in [5.74, 6) is 0.927. The van der Waals surface area contributed by atoms with E-state index in [1.807, 2.05) is 0 Å². The van der Waals surface area contributed by atoms with Gasteiger partial charge in [0.2, 0.25) is 0 Å². The van der Waals surface area contributed by atoms with Crippen molar-refractivity contribution < 1.29 is 9.59 Å². The average molecular weight is 368 g/mol. The minimum Gasteiger partial charge on any atom is -0.302 e. The number of likely N-dealkylation sites (tertiary alicyclic amines) is 1. The van der Waals surface area contributed by atoms with Crippen LogP contribution < -0.4 is 0 Å². The van der Waals surface area contributed by atoms with Crippen molar-refractivity contribution in [2.24, 2.45) is 34.0 Å². The number of ketones is 2. The van der Waals surface area contributed by atoms with Crippen LogP contribution in [-0.4, -0.2) is 36.1 Å². The third-order valence-corrected chi connectivity index (χ3v) is 9.24. The predicted octanol–water partition coefficient (Wildman–Crippen LogP) is 4.19. The molecule has 1 spiro atoms. The number of allylic oxidation sites excluding steroid dienone is 2. The van der Waals surface area contributed by atoms with Gasteiger partial charge in [0.15, 0.2) is 11.6 Å². The molecule has 0 N–H and O–H groups in total. The zero-order chi connectivity index (χ0) is 19.2. The Labute approximate surface area is 163 Å². The molecule has 6 fully saturated rings. The van der Waals surface area contributed by atoms with E-state index in [9.17, 15) is 9.59 Å². The summed E-state index contributed by atoms with van der Waals surface area (Å²) in [5.41, 5.74) is 0.865. The maximum Gasteiger partial charge on any atom is 0.172 e. The zero-order valence-corrected chi connectivity index (χ0v) is 17.0. The van der Waals surface area contributed by atoms with Crippen molar-refractivity contribution in [3.63, 3.8) is 0 Å². The van der Waals surface area contributed by atoms with E-state index in [1.54, 1.807) is 0 Å². The van der Waals surface area contributed by atoms with Gasteiger partial charge in [-0.05, 0) is 78.9 Å². The number of piperidine rings is 1. The quantitative estimate of drug-likeness (QED) is 0.543. The van der Waals surface area contributed by atoms with Crippen LogP contribution in [0.5, 0.6) is 0 Å². The van der Waals surface area contributed by atoms with Crippen molar-refractivity contribution in [2.45, 2.75) is 58.8 Å². The second-order valence-corrected chi connectivity index (χ2v) is 10.6. The summed E-state index contributed by atoms with van der Waals surface area (Å²) in [4.78, 5) is 29.8. The van der Waals surface area contributed by atoms with Crippen molar-refractivity contribution >= 4 is 11.6 Å². The van der Waals surface area contributed by atoms with Crippen LogP contribution >= 0.6 is 0 Å². The summed E-state index contributed by atoms with van der Waals surface area (Å²) < 4.78 is 0. The molecule has 0 aromatic rings. The molecule has 5 saturated carbocycles. The summed E-state index contributed by atoms with van der Waals surface area (Å²) >= 11 is 0. The average Bonchev–Trinajstić information content (AvgIpc) is 2.62. The van der Waals surface area contributed by atoms with Gasteiger partial charge in [-0.2, -0.15) is 0 Å². The van der Waals surface area contributed by atoms with Gasteiger partial charge in [-0.1, -0.05) is 33.4 Å². The first-order valence-electron chi connectivity index (χ1n) is 11.0. The smallest absolute Gasteiger partial charge is 0.172 e. The standard InChI is InChI=1S/C24H33NO2/c1-5-11-25-13-22(4)8-6-9-23(14-25)18-12-17-7-10-24(18,20(26)15(17)2)21(27)16(3)19(22)23/h17-19H,2-3,5-14H2,1,4H3/t17-,18?,19?,22-,23+,24?/m0/s1. The highest BCUT2D eigenvalue weighted by Crippen LogP contribution is 2.72. The van der Waals surface area contributed by atoms with Gasteiger partial charge in [0.25, 0.3) is 0 Å². The van der Waals surface area contributed by atoms with Gasteiger partial charge in [0.1, 0.15) is 0 Å². The first-order chi connectivity index (χ1) is 12.8. The van der Waals surface area contributed by atoms with Gasteiger partial charge in [0, 0.05) is 19.0 Å². The second kappa shape index (κ2) is 5.43. The lowest BCUT2D eigenvalue weighted by molar-refractivity contribution is -0.196. The molecule has 146 valence electrons. The molecule has 0 aromatic heterocycles. The highest BCUT2D eigenvalue weighted by molar-refractivity contribution is 6.21. The van der Waals surface area contributed by atoms with Crippen molar-refractivity contribution in [1.82, 2.24) is 4.90 Å². The van der Waals surface area contributed by atoms with Gasteiger partial charge in [0.05, 0.1) is 5.41 Å². The van der Waals surface area contributed by atoms with Gasteiger partial charge < -0.3 is 4.90 Å². The van der Waals surface area contributed by atoms with E-state index in [2.05, 4.69) is 31.9 Å². The third kappa shape index (κ3) is 1.92. The van der Waals surface area contributed by atoms with E-state index >= 15 is 0 Å². The van der Waals surface area contributed by atoms with Crippen LogP contribution in [0.4, 0.5) is 0 Å². The van der Waals surface area contributed by atoms with Crippen molar-refractivity contribution in [3.05, 3.63) is 24.3 Å². The molecule has 4 bridgehead atoms. The molecular formula is C24H33NO2. The lowest BCUT2D eigenvalue weighted by Gasteiger charge is -2.71. The van der Waals surface area contributed by atoms with E-state index in [0.29, 0.717) is 5.92 Å². The lowest BCUT2D eigenvalue weighted by atomic mass is 9.34. The molecular weight excluding hydrogens is 334 g/mol. The normalized spacial score (nSPS) is 49.2. The van der Waals surface area contributed by atoms with E-state index < -0.39 is 5.41 Å². The fourth-order valence-electron chi connectivity index (χ4n) is 8.61. The van der Waals surface area contributed by atoms with Gasteiger partial charge in [-0.3, -0.25) is 9.59 Å². The van der Waals surface area contributed by atoms with Gasteiger partial charge in [-0.15, -0.1) is 0 Å². The Balaban J connectivity index is 1.70. The highest BCUT2D eigenvalue weighted by atomic mass is 16.2. The summed E-state index contributed by atoms with van der Waals surface area (Å²) in [5, 5.41) is 0. The van der Waals surface area contributed by atoms with Crippen LogP contribution in [0.2, 0.25) is 0 Å². The largest absolute Gasteiger partial charge is 0.302 e. The number of Topliss-reactive ketones (excluding diaryl/α,β-unsaturated/α-hetero) is 2. The van der Waals surface area contributed by atoms with Crippen LogP contribution in [0.3, 0.4) is 0 Å². The summed E-state index contributed by atoms with van der Waals surface area (Å²) in [6.45, 7) is 16.4. The first kappa shape index (κ1) is 17.8. The van der Waals surface area contributed by atoms with E-state index in [-0.39, 0.29) is 34.2 Å². The molecule has 0 amide bonds. The molecule has 6 atom stereocenters. The minimum atomic E-state index is -0.826. The Kier molecular flexibility index (Phi) is 3.59. The Morgan fingerprint density at radius 3 is 2.56 bits per heavy atom. The fraction of sp³-hybridized carbons (Fsp3) is 0.750. The molecule has 3 nitrogen and oxygen atoms in total. The van der Waals surface area contributed by atoms with Crippen LogP contribution in [0.15, 0.2) is 24.3 Å². The van der Waals surface area contributed by atoms with Gasteiger partial charge >= 0.3 is 0 Å². The maximum atomic E-state index is 13.8. The molecule has 1 heterocycles. The molecule has 27 heavy (non-hydrogen) atoms. The SMILES string of the molecule is C=C1C(=O)C23CC[C@@H](CC2[C@@]24CCC[C@@](C)(CN(CCC)C2)C14)C(=C)C3=O. The molecule has 3 heteroatoms. The van der Waals surface area contributed by atoms with E-state index in [1.165, 1.54) is 12.8 Å². The van der Waals surface area contributed by atoms with Crippen LogP contribution in [0.1, 0.15) is 58.8 Å². The monoisotopic (exact) mass is 367 g/mol. The molecule has 3 unspecified atom stereocenters. The number of carbonyl (C=O) groups is 2. The molecule has 1 aliphatic heterocycles. The first-order valence-corrected chi connectivity index (χ1v) is 11.0. The Morgan fingerprint density at radius 2 is 1.81 bits per heavy atom. The maximum absolute atomic E-state index is 13.8. The summed E-state index contributed by atoms with van der Waals surface area (Å²) in [6, 6.07) is 0. The summed E-state index contributed by atoms with van der Waals surface area (Å²) in [6.07, 6.45) is 7.39. The van der Waals surface area contributed by atoms with E-state index in [0.717, 1.165) is 62.9 Å². The molecule has 6 aliphatic rings. The number of hydrogen-bond acceptors (Lipinski definition) is 3. The molecule has 5 aliphatic carbocycles. The van der Waals surface area contributed by atoms with Crippen LogP contribution in [0.25, 0.3) is 0 Å². The minimum absolute atomic E-state index is 0.0560. The predicted molar refractivity (Wildman–Crippen MR) is 106 cm³/mol. The van der Waals surface area contributed by atoms with Gasteiger partial charge in [-0.25, -0.2) is 0 Å². The zero-order valence-electron chi connectivity index (χ0n) is 17.0. The molecule has 0 radical (unpaired) electrons. The van der Waals surface area contributed by atoms with Crippen molar-refractivity contribution in [3.8, 4) is 0 Å². The second-order valence-electron chi connectivity index (χ2n) is 10.6. The lowest BCUT2D eigenvalue weighted by Crippen LogP contribution is -2.73. The van der Waals surface area contributed by atoms with Crippen LogP contribution in [0, 0.1) is 34.0 Å². The number of rotatable bonds is 2. The highest BCUT2D eigenvalue weighted by Gasteiger charge is 2.73. The molecule has 1 saturated heterocycles. The fourth-order valence-corrected chi connectivity index (χ4v) is 8.61. The Morgan fingerprint density at radius 1 is 1.07 bits per heavy atom. The number of carbonyl (C=O) groups excluding carboxylic acids is 2. The summed E-state index contributed by atoms with van der Waals surface area (Å²) in [7, 11) is 0. The Hall–Kier alpha value is -1.22. The molecule has 0 aromatic carbocycles. The third-order valence-electron chi connectivity index (χ3n) is 9.24. The topological polar surface area (TPSA) is 37.4 Å². The number of fused-ring (bicyclic) bond motifs is 2.